The Labute approximate surface area is 164 Å². The lowest BCUT2D eigenvalue weighted by Crippen LogP contribution is -2.43. The molecule has 3 amide bonds. The molecule has 148 valence electrons. The van der Waals surface area contributed by atoms with Crippen molar-refractivity contribution in [2.24, 2.45) is 0 Å². The molecule has 1 aliphatic heterocycles. The van der Waals surface area contributed by atoms with Gasteiger partial charge in [-0.15, -0.1) is 0 Å². The molecule has 0 spiro atoms. The molecule has 2 aromatic carbocycles. The summed E-state index contributed by atoms with van der Waals surface area (Å²) in [5.74, 6) is 1.11. The van der Waals surface area contributed by atoms with Crippen LogP contribution in [-0.4, -0.2) is 38.7 Å². The van der Waals surface area contributed by atoms with Crippen LogP contribution in [0.4, 0.5) is 10.5 Å². The van der Waals surface area contributed by atoms with Gasteiger partial charge in [0.2, 0.25) is 5.91 Å². The van der Waals surface area contributed by atoms with Crippen LogP contribution in [0.5, 0.6) is 11.5 Å². The third kappa shape index (κ3) is 4.54. The maximum atomic E-state index is 12.4. The number of hydrogen-bond acceptors (Lipinski definition) is 4. The van der Waals surface area contributed by atoms with Gasteiger partial charge in [-0.2, -0.15) is 0 Å². The number of nitrogens with one attached hydrogen (secondary N) is 2. The summed E-state index contributed by atoms with van der Waals surface area (Å²) in [4.78, 5) is 26.2. The van der Waals surface area contributed by atoms with Crippen LogP contribution < -0.4 is 25.0 Å². The molecule has 1 fully saturated rings. The fourth-order valence-corrected chi connectivity index (χ4v) is 3.17. The molecular weight excluding hydrogens is 358 g/mol. The molecule has 7 nitrogen and oxygen atoms in total. The summed E-state index contributed by atoms with van der Waals surface area (Å²) in [5.41, 5.74) is 2.91. The number of nitrogens with zero attached hydrogens (tertiary/aromatic N) is 1. The average Bonchev–Trinajstić information content (AvgIpc) is 3.06. The minimum Gasteiger partial charge on any atom is -0.493 e. The van der Waals surface area contributed by atoms with Gasteiger partial charge < -0.3 is 25.0 Å². The number of carbonyl (C=O) groups excluding carboxylic acids is 2. The molecule has 1 atom stereocenters. The highest BCUT2D eigenvalue weighted by Crippen LogP contribution is 2.33. The third-order valence-electron chi connectivity index (χ3n) is 4.71. The predicted octanol–water partition coefficient (Wildman–Crippen LogP) is 2.62. The van der Waals surface area contributed by atoms with Crippen molar-refractivity contribution in [3.05, 3.63) is 53.6 Å². The maximum absolute atomic E-state index is 12.4. The van der Waals surface area contributed by atoms with E-state index in [9.17, 15) is 9.59 Å². The minimum absolute atomic E-state index is 0.0453. The second kappa shape index (κ2) is 8.65. The molecule has 0 saturated carbocycles. The molecule has 3 rings (SSSR count). The van der Waals surface area contributed by atoms with Gasteiger partial charge in [-0.1, -0.05) is 29.8 Å². The summed E-state index contributed by atoms with van der Waals surface area (Å²) in [7, 11) is 3.11. The Morgan fingerprint density at radius 2 is 1.82 bits per heavy atom. The maximum Gasteiger partial charge on any atom is 0.315 e. The first-order valence-electron chi connectivity index (χ1n) is 9.12. The van der Waals surface area contributed by atoms with E-state index in [0.717, 1.165) is 5.56 Å². The lowest BCUT2D eigenvalue weighted by molar-refractivity contribution is -0.117. The van der Waals surface area contributed by atoms with E-state index in [1.165, 1.54) is 5.56 Å². The molecule has 0 aliphatic carbocycles. The second-order valence-electron chi connectivity index (χ2n) is 6.76. The Morgan fingerprint density at radius 1 is 1.11 bits per heavy atom. The van der Waals surface area contributed by atoms with E-state index in [2.05, 4.69) is 10.6 Å². The monoisotopic (exact) mass is 383 g/mol. The molecule has 2 aromatic rings. The average molecular weight is 383 g/mol. The van der Waals surface area contributed by atoms with Gasteiger partial charge in [-0.05, 0) is 24.6 Å². The van der Waals surface area contributed by atoms with E-state index in [1.54, 1.807) is 37.3 Å². The highest BCUT2D eigenvalue weighted by molar-refractivity contribution is 5.97. The normalized spacial score (nSPS) is 16.0. The predicted molar refractivity (Wildman–Crippen MR) is 107 cm³/mol. The van der Waals surface area contributed by atoms with Crippen molar-refractivity contribution >= 4 is 17.6 Å². The number of urea groups is 1. The number of ether oxygens (including phenoxy) is 2. The van der Waals surface area contributed by atoms with Crippen molar-refractivity contribution in [2.45, 2.75) is 25.9 Å². The summed E-state index contributed by atoms with van der Waals surface area (Å²) in [6.07, 6.45) is 0.256. The first kappa shape index (κ1) is 19.5. The summed E-state index contributed by atoms with van der Waals surface area (Å²) in [6, 6.07) is 12.8. The summed E-state index contributed by atoms with van der Waals surface area (Å²) in [5, 5.41) is 5.70. The van der Waals surface area contributed by atoms with Crippen LogP contribution in [0.15, 0.2) is 42.5 Å². The summed E-state index contributed by atoms with van der Waals surface area (Å²) in [6.45, 7) is 2.86. The molecule has 7 heteroatoms. The first-order chi connectivity index (χ1) is 13.5. The second-order valence-corrected chi connectivity index (χ2v) is 6.76. The van der Waals surface area contributed by atoms with Gasteiger partial charge in [0.05, 0.1) is 20.3 Å². The molecule has 1 aliphatic rings. The largest absolute Gasteiger partial charge is 0.493 e. The van der Waals surface area contributed by atoms with Crippen LogP contribution in [0.3, 0.4) is 0 Å². The van der Waals surface area contributed by atoms with Crippen LogP contribution >= 0.6 is 0 Å². The standard InChI is InChI=1S/C21H25N3O4/c1-14-4-6-15(7-5-14)12-22-21(26)23-16-10-20(25)24(13-16)17-8-9-18(27-2)19(11-17)28-3/h4-9,11,16H,10,12-13H2,1-3H3,(H2,22,23,26). The van der Waals surface area contributed by atoms with Gasteiger partial charge in [-0.3, -0.25) is 4.79 Å². The van der Waals surface area contributed by atoms with Crippen molar-refractivity contribution in [3.63, 3.8) is 0 Å². The Kier molecular flexibility index (Phi) is 6.03. The molecule has 0 radical (unpaired) electrons. The van der Waals surface area contributed by atoms with Gasteiger partial charge in [0.1, 0.15) is 0 Å². The van der Waals surface area contributed by atoms with Crippen LogP contribution in [0, 0.1) is 6.92 Å². The number of hydrogen-bond donors (Lipinski definition) is 2. The van der Waals surface area contributed by atoms with E-state index in [-0.39, 0.29) is 24.4 Å². The molecule has 1 heterocycles. The van der Waals surface area contributed by atoms with E-state index < -0.39 is 0 Å². The van der Waals surface area contributed by atoms with E-state index in [0.29, 0.717) is 30.3 Å². The van der Waals surface area contributed by atoms with Crippen molar-refractivity contribution < 1.29 is 19.1 Å². The Hall–Kier alpha value is -3.22. The van der Waals surface area contributed by atoms with Gasteiger partial charge in [-0.25, -0.2) is 4.79 Å². The van der Waals surface area contributed by atoms with Gasteiger partial charge in [0, 0.05) is 31.3 Å². The van der Waals surface area contributed by atoms with E-state index in [1.807, 2.05) is 31.2 Å². The molecule has 28 heavy (non-hydrogen) atoms. The van der Waals surface area contributed by atoms with Crippen LogP contribution in [0.1, 0.15) is 17.5 Å². The molecule has 2 N–H and O–H groups in total. The Bertz CT molecular complexity index is 851. The summed E-state index contributed by atoms with van der Waals surface area (Å²) < 4.78 is 10.5. The number of rotatable bonds is 6. The minimum atomic E-state index is -0.285. The topological polar surface area (TPSA) is 79.9 Å². The fraction of sp³-hybridized carbons (Fsp3) is 0.333. The quantitative estimate of drug-likeness (QED) is 0.804. The Morgan fingerprint density at radius 3 is 2.50 bits per heavy atom. The zero-order valence-corrected chi connectivity index (χ0v) is 16.3. The van der Waals surface area contributed by atoms with Crippen molar-refractivity contribution in [2.75, 3.05) is 25.7 Å². The van der Waals surface area contributed by atoms with E-state index >= 15 is 0 Å². The van der Waals surface area contributed by atoms with E-state index in [4.69, 9.17) is 9.47 Å². The number of aryl methyl sites for hydroxylation is 1. The number of carbonyl (C=O) groups is 2. The van der Waals surface area contributed by atoms with Gasteiger partial charge in [0.15, 0.2) is 11.5 Å². The van der Waals surface area contributed by atoms with Crippen molar-refractivity contribution in [1.29, 1.82) is 0 Å². The number of benzene rings is 2. The molecular formula is C21H25N3O4. The highest BCUT2D eigenvalue weighted by Gasteiger charge is 2.32. The van der Waals surface area contributed by atoms with Crippen molar-refractivity contribution in [1.82, 2.24) is 10.6 Å². The van der Waals surface area contributed by atoms with Crippen molar-refractivity contribution in [3.8, 4) is 11.5 Å². The fourth-order valence-electron chi connectivity index (χ4n) is 3.17. The number of anilines is 1. The smallest absolute Gasteiger partial charge is 0.315 e. The van der Waals surface area contributed by atoms with Gasteiger partial charge in [0.25, 0.3) is 0 Å². The summed E-state index contributed by atoms with van der Waals surface area (Å²) >= 11 is 0. The number of amides is 3. The highest BCUT2D eigenvalue weighted by atomic mass is 16.5. The molecule has 1 saturated heterocycles. The molecule has 0 aromatic heterocycles. The lowest BCUT2D eigenvalue weighted by atomic mass is 10.1. The molecule has 1 unspecified atom stereocenters. The zero-order chi connectivity index (χ0) is 20.1. The SMILES string of the molecule is COc1ccc(N2CC(NC(=O)NCc3ccc(C)cc3)CC2=O)cc1OC. The molecule has 0 bridgehead atoms. The Balaban J connectivity index is 1.56. The number of methoxy groups -OCH3 is 2. The van der Waals surface area contributed by atoms with Gasteiger partial charge >= 0.3 is 6.03 Å². The van der Waals surface area contributed by atoms with Crippen LogP contribution in [0.2, 0.25) is 0 Å². The first-order valence-corrected chi connectivity index (χ1v) is 9.12. The van der Waals surface area contributed by atoms with Crippen LogP contribution in [0.25, 0.3) is 0 Å². The van der Waals surface area contributed by atoms with Crippen LogP contribution in [-0.2, 0) is 11.3 Å². The zero-order valence-electron chi connectivity index (χ0n) is 16.3. The third-order valence-corrected chi connectivity index (χ3v) is 4.71. The lowest BCUT2D eigenvalue weighted by Gasteiger charge is -2.19.